The Hall–Kier alpha value is -1.46. The molecule has 2 unspecified atom stereocenters. The van der Waals surface area contributed by atoms with Crippen molar-refractivity contribution in [1.82, 2.24) is 10.2 Å². The highest BCUT2D eigenvalue weighted by atomic mass is 16.6. The minimum Gasteiger partial charge on any atom is -0.306 e. The molecular formula is C15H25N3O2. The molecule has 0 amide bonds. The van der Waals surface area contributed by atoms with Crippen molar-refractivity contribution in [3.8, 4) is 0 Å². The smallest absolute Gasteiger partial charge is 0.269 e. The summed E-state index contributed by atoms with van der Waals surface area (Å²) in [6.45, 7) is 11.7. The van der Waals surface area contributed by atoms with Crippen LogP contribution in [-0.2, 0) is 0 Å². The van der Waals surface area contributed by atoms with Crippen LogP contribution in [0.15, 0.2) is 24.3 Å². The SMILES string of the molecule is CCN(CC)CC(C)NC(C)c1ccc([N+](=O)[O-])cc1. The van der Waals surface area contributed by atoms with Gasteiger partial charge >= 0.3 is 0 Å². The lowest BCUT2D eigenvalue weighted by molar-refractivity contribution is -0.384. The van der Waals surface area contributed by atoms with Gasteiger partial charge in [0.05, 0.1) is 4.92 Å². The van der Waals surface area contributed by atoms with Crippen molar-refractivity contribution in [1.29, 1.82) is 0 Å². The third kappa shape index (κ3) is 4.90. The number of nitro groups is 1. The zero-order valence-electron chi connectivity index (χ0n) is 12.8. The molecule has 0 saturated carbocycles. The molecule has 0 bridgehead atoms. The van der Waals surface area contributed by atoms with Gasteiger partial charge in [-0.1, -0.05) is 26.0 Å². The number of nitrogens with one attached hydrogen (secondary N) is 1. The van der Waals surface area contributed by atoms with Crippen LogP contribution < -0.4 is 5.32 Å². The van der Waals surface area contributed by atoms with E-state index in [-0.39, 0.29) is 16.7 Å². The maximum absolute atomic E-state index is 10.6. The van der Waals surface area contributed by atoms with Crippen molar-refractivity contribution in [2.75, 3.05) is 19.6 Å². The molecule has 0 aliphatic rings. The fraction of sp³-hybridized carbons (Fsp3) is 0.600. The molecule has 0 aliphatic carbocycles. The normalized spacial score (nSPS) is 14.2. The van der Waals surface area contributed by atoms with Crippen molar-refractivity contribution < 1.29 is 4.92 Å². The average Bonchev–Trinajstić information content (AvgIpc) is 2.44. The van der Waals surface area contributed by atoms with Gasteiger partial charge in [0.2, 0.25) is 0 Å². The fourth-order valence-electron chi connectivity index (χ4n) is 2.33. The van der Waals surface area contributed by atoms with Crippen molar-refractivity contribution in [3.63, 3.8) is 0 Å². The van der Waals surface area contributed by atoms with Crippen LogP contribution in [0, 0.1) is 10.1 Å². The number of non-ortho nitro benzene ring substituents is 1. The predicted molar refractivity (Wildman–Crippen MR) is 81.9 cm³/mol. The van der Waals surface area contributed by atoms with E-state index >= 15 is 0 Å². The van der Waals surface area contributed by atoms with Crippen LogP contribution in [0.25, 0.3) is 0 Å². The van der Waals surface area contributed by atoms with Gasteiger partial charge in [-0.3, -0.25) is 10.1 Å². The molecule has 1 rings (SSSR count). The fourth-order valence-corrected chi connectivity index (χ4v) is 2.33. The number of nitro benzene ring substituents is 1. The summed E-state index contributed by atoms with van der Waals surface area (Å²) in [6, 6.07) is 7.31. The van der Waals surface area contributed by atoms with E-state index < -0.39 is 0 Å². The van der Waals surface area contributed by atoms with Gasteiger partial charge in [0.15, 0.2) is 0 Å². The Morgan fingerprint density at radius 1 is 1.20 bits per heavy atom. The van der Waals surface area contributed by atoms with Crippen LogP contribution in [0.1, 0.15) is 39.3 Å². The Labute approximate surface area is 121 Å². The number of nitrogens with zero attached hydrogens (tertiary/aromatic N) is 2. The number of rotatable bonds is 8. The van der Waals surface area contributed by atoms with Gasteiger partial charge in [0.25, 0.3) is 5.69 Å². The molecule has 0 radical (unpaired) electrons. The zero-order valence-corrected chi connectivity index (χ0v) is 12.8. The first-order valence-corrected chi connectivity index (χ1v) is 7.20. The third-order valence-electron chi connectivity index (χ3n) is 3.56. The molecule has 1 aromatic rings. The Balaban J connectivity index is 2.57. The van der Waals surface area contributed by atoms with E-state index in [4.69, 9.17) is 0 Å². The average molecular weight is 279 g/mol. The van der Waals surface area contributed by atoms with Crippen molar-refractivity contribution in [2.45, 2.75) is 39.8 Å². The first-order chi connectivity index (χ1) is 9.47. The van der Waals surface area contributed by atoms with Crippen LogP contribution in [0.5, 0.6) is 0 Å². The summed E-state index contributed by atoms with van der Waals surface area (Å²) in [6.07, 6.45) is 0. The van der Waals surface area contributed by atoms with E-state index in [0.29, 0.717) is 6.04 Å². The Kier molecular flexibility index (Phi) is 6.61. The summed E-state index contributed by atoms with van der Waals surface area (Å²) in [7, 11) is 0. The second kappa shape index (κ2) is 7.97. The van der Waals surface area contributed by atoms with Crippen molar-refractivity contribution >= 4 is 5.69 Å². The first kappa shape index (κ1) is 16.6. The molecule has 0 spiro atoms. The molecule has 0 aliphatic heterocycles. The largest absolute Gasteiger partial charge is 0.306 e. The summed E-state index contributed by atoms with van der Waals surface area (Å²) in [5.41, 5.74) is 1.21. The summed E-state index contributed by atoms with van der Waals surface area (Å²) < 4.78 is 0. The predicted octanol–water partition coefficient (Wildman–Crippen LogP) is 2.98. The molecule has 0 aromatic heterocycles. The van der Waals surface area contributed by atoms with Gasteiger partial charge in [-0.05, 0) is 32.5 Å². The summed E-state index contributed by atoms with van der Waals surface area (Å²) in [5.74, 6) is 0. The molecule has 0 fully saturated rings. The zero-order chi connectivity index (χ0) is 15.1. The molecule has 1 N–H and O–H groups in total. The topological polar surface area (TPSA) is 58.4 Å². The van der Waals surface area contributed by atoms with Crippen LogP contribution in [-0.4, -0.2) is 35.5 Å². The highest BCUT2D eigenvalue weighted by Gasteiger charge is 2.13. The van der Waals surface area contributed by atoms with E-state index in [9.17, 15) is 10.1 Å². The Bertz CT molecular complexity index is 416. The van der Waals surface area contributed by atoms with Crippen molar-refractivity contribution in [2.24, 2.45) is 0 Å². The molecule has 2 atom stereocenters. The number of likely N-dealkylation sites (N-methyl/N-ethyl adjacent to an activating group) is 1. The maximum atomic E-state index is 10.6. The molecule has 20 heavy (non-hydrogen) atoms. The Morgan fingerprint density at radius 2 is 1.75 bits per heavy atom. The van der Waals surface area contributed by atoms with Gasteiger partial charge < -0.3 is 10.2 Å². The van der Waals surface area contributed by atoms with Crippen molar-refractivity contribution in [3.05, 3.63) is 39.9 Å². The lowest BCUT2D eigenvalue weighted by atomic mass is 10.1. The molecule has 112 valence electrons. The van der Waals surface area contributed by atoms with E-state index in [1.54, 1.807) is 12.1 Å². The molecular weight excluding hydrogens is 254 g/mol. The minimum atomic E-state index is -0.370. The number of hydrogen-bond donors (Lipinski definition) is 1. The lowest BCUT2D eigenvalue weighted by Crippen LogP contribution is -2.40. The third-order valence-corrected chi connectivity index (χ3v) is 3.56. The standard InChI is InChI=1S/C15H25N3O2/c1-5-17(6-2)11-12(3)16-13(4)14-7-9-15(10-8-14)18(19)20/h7-10,12-13,16H,5-6,11H2,1-4H3. The lowest BCUT2D eigenvalue weighted by Gasteiger charge is -2.26. The second-order valence-corrected chi connectivity index (χ2v) is 5.12. The monoisotopic (exact) mass is 279 g/mol. The Morgan fingerprint density at radius 3 is 2.20 bits per heavy atom. The molecule has 0 saturated heterocycles. The minimum absolute atomic E-state index is 0.136. The van der Waals surface area contributed by atoms with Crippen LogP contribution in [0.3, 0.4) is 0 Å². The molecule has 0 heterocycles. The maximum Gasteiger partial charge on any atom is 0.269 e. The number of hydrogen-bond acceptors (Lipinski definition) is 4. The summed E-state index contributed by atoms with van der Waals surface area (Å²) >= 11 is 0. The van der Waals surface area contributed by atoms with Crippen LogP contribution >= 0.6 is 0 Å². The van der Waals surface area contributed by atoms with E-state index in [1.165, 1.54) is 0 Å². The van der Waals surface area contributed by atoms with Crippen LogP contribution in [0.4, 0.5) is 5.69 Å². The van der Waals surface area contributed by atoms with Gasteiger partial charge in [0.1, 0.15) is 0 Å². The van der Waals surface area contributed by atoms with Gasteiger partial charge in [-0.15, -0.1) is 0 Å². The summed E-state index contributed by atoms with van der Waals surface area (Å²) in [4.78, 5) is 12.6. The van der Waals surface area contributed by atoms with Crippen LogP contribution in [0.2, 0.25) is 0 Å². The summed E-state index contributed by atoms with van der Waals surface area (Å²) in [5, 5.41) is 14.2. The highest BCUT2D eigenvalue weighted by molar-refractivity contribution is 5.34. The number of benzene rings is 1. The van der Waals surface area contributed by atoms with Gasteiger partial charge in [0, 0.05) is 30.8 Å². The first-order valence-electron chi connectivity index (χ1n) is 7.20. The molecule has 1 aromatic carbocycles. The quantitative estimate of drug-likeness (QED) is 0.587. The molecule has 5 nitrogen and oxygen atoms in total. The van der Waals surface area contributed by atoms with E-state index in [1.807, 2.05) is 12.1 Å². The van der Waals surface area contributed by atoms with E-state index in [2.05, 4.69) is 37.9 Å². The highest BCUT2D eigenvalue weighted by Crippen LogP contribution is 2.17. The van der Waals surface area contributed by atoms with E-state index in [0.717, 1.165) is 25.2 Å². The van der Waals surface area contributed by atoms with Gasteiger partial charge in [-0.25, -0.2) is 0 Å². The second-order valence-electron chi connectivity index (χ2n) is 5.12. The van der Waals surface area contributed by atoms with Gasteiger partial charge in [-0.2, -0.15) is 0 Å². The molecule has 5 heteroatoms.